The van der Waals surface area contributed by atoms with E-state index in [-0.39, 0.29) is 0 Å². The van der Waals surface area contributed by atoms with Crippen molar-refractivity contribution in [2.24, 2.45) is 0 Å². The van der Waals surface area contributed by atoms with E-state index in [2.05, 4.69) is 241 Å². The number of benzene rings is 11. The zero-order valence-electron chi connectivity index (χ0n) is 32.5. The molecule has 0 N–H and O–H groups in total. The molecule has 276 valence electrons. The molecule has 0 aliphatic rings. The maximum absolute atomic E-state index is 2.46. The molecule has 0 heterocycles. The molecule has 11 rings (SSSR count). The predicted molar refractivity (Wildman–Crippen MR) is 253 cm³/mol. The fourth-order valence-electron chi connectivity index (χ4n) is 8.84. The molecule has 0 radical (unpaired) electrons. The first kappa shape index (κ1) is 34.5. The Bertz CT molecular complexity index is 3330. The number of anilines is 3. The first-order valence-corrected chi connectivity index (χ1v) is 20.3. The molecule has 0 aliphatic heterocycles. The van der Waals surface area contributed by atoms with Crippen molar-refractivity contribution in [3.63, 3.8) is 0 Å². The van der Waals surface area contributed by atoms with Crippen molar-refractivity contribution in [2.75, 3.05) is 4.90 Å². The molecule has 0 atom stereocenters. The van der Waals surface area contributed by atoms with E-state index in [4.69, 9.17) is 0 Å². The molecule has 0 amide bonds. The number of rotatable bonds is 7. The third-order valence-corrected chi connectivity index (χ3v) is 11.8. The smallest absolute Gasteiger partial charge is 0.0546 e. The lowest BCUT2D eigenvalue weighted by molar-refractivity contribution is 1.28. The topological polar surface area (TPSA) is 3.24 Å². The van der Waals surface area contributed by atoms with Crippen molar-refractivity contribution >= 4 is 60.2 Å². The molecule has 0 fully saturated rings. The maximum atomic E-state index is 2.46. The van der Waals surface area contributed by atoms with Crippen molar-refractivity contribution in [2.45, 2.75) is 0 Å². The van der Waals surface area contributed by atoms with Crippen molar-refractivity contribution in [1.82, 2.24) is 0 Å². The Labute approximate surface area is 344 Å². The van der Waals surface area contributed by atoms with Crippen LogP contribution in [0, 0.1) is 0 Å². The average molecular weight is 750 g/mol. The van der Waals surface area contributed by atoms with Crippen LogP contribution in [0.2, 0.25) is 0 Å². The van der Waals surface area contributed by atoms with Crippen LogP contribution in [0.25, 0.3) is 87.6 Å². The Kier molecular flexibility index (Phi) is 8.56. The summed E-state index contributed by atoms with van der Waals surface area (Å²) in [6, 6.07) is 86.5. The van der Waals surface area contributed by atoms with Gasteiger partial charge in [-0.3, -0.25) is 0 Å². The second-order valence-corrected chi connectivity index (χ2v) is 15.3. The fraction of sp³-hybridized carbons (Fsp3) is 0. The number of fused-ring (bicyclic) bond motifs is 4. The Balaban J connectivity index is 1.15. The molecule has 0 saturated carbocycles. The van der Waals surface area contributed by atoms with Crippen LogP contribution in [0.5, 0.6) is 0 Å². The minimum atomic E-state index is 1.08. The van der Waals surface area contributed by atoms with Gasteiger partial charge in [0.2, 0.25) is 0 Å². The first-order valence-electron chi connectivity index (χ1n) is 20.3. The third kappa shape index (κ3) is 6.40. The van der Waals surface area contributed by atoms with Gasteiger partial charge in [-0.15, -0.1) is 0 Å². The van der Waals surface area contributed by atoms with Gasteiger partial charge in [-0.2, -0.15) is 0 Å². The van der Waals surface area contributed by atoms with Crippen LogP contribution in [-0.4, -0.2) is 0 Å². The Morgan fingerprint density at radius 2 is 0.695 bits per heavy atom. The standard InChI is InChI=1S/C58H39N/c1-3-16-45-36-48(28-26-40(45)12-1)42-30-33-51(34-31-42)59(52-21-9-20-47(38-52)49-29-27-41-13-2-4-17-46(41)37-49)58-39-50(55-24-10-18-43-14-5-7-22-53(43)55)32-35-57(58)56-25-11-19-44-15-6-8-23-54(44)56/h1-39H. The summed E-state index contributed by atoms with van der Waals surface area (Å²) in [4.78, 5) is 2.46. The highest BCUT2D eigenvalue weighted by Crippen LogP contribution is 2.46. The monoisotopic (exact) mass is 749 g/mol. The quantitative estimate of drug-likeness (QED) is 0.157. The summed E-state index contributed by atoms with van der Waals surface area (Å²) in [7, 11) is 0. The molecule has 0 bridgehead atoms. The van der Waals surface area contributed by atoms with E-state index in [0.29, 0.717) is 0 Å². The van der Waals surface area contributed by atoms with Crippen molar-refractivity contribution in [1.29, 1.82) is 0 Å². The SMILES string of the molecule is c1cc(-c2ccc3ccccc3c2)cc(N(c2ccc(-c3ccc4ccccc4c3)cc2)c2cc(-c3cccc4ccccc34)ccc2-c2cccc3ccccc23)c1. The van der Waals surface area contributed by atoms with E-state index in [9.17, 15) is 0 Å². The lowest BCUT2D eigenvalue weighted by atomic mass is 9.92. The molecule has 11 aromatic carbocycles. The highest BCUT2D eigenvalue weighted by atomic mass is 15.1. The van der Waals surface area contributed by atoms with Crippen molar-refractivity contribution in [3.05, 3.63) is 237 Å². The van der Waals surface area contributed by atoms with Crippen LogP contribution < -0.4 is 4.90 Å². The summed E-state index contributed by atoms with van der Waals surface area (Å²) in [5.74, 6) is 0. The van der Waals surface area contributed by atoms with Gasteiger partial charge in [-0.05, 0) is 124 Å². The van der Waals surface area contributed by atoms with E-state index in [1.807, 2.05) is 0 Å². The molecule has 0 aliphatic carbocycles. The molecule has 1 heteroatoms. The van der Waals surface area contributed by atoms with Crippen LogP contribution >= 0.6 is 0 Å². The van der Waals surface area contributed by atoms with Gasteiger partial charge in [0, 0.05) is 16.9 Å². The minimum Gasteiger partial charge on any atom is -0.310 e. The van der Waals surface area contributed by atoms with Gasteiger partial charge in [-0.25, -0.2) is 0 Å². The zero-order valence-corrected chi connectivity index (χ0v) is 32.5. The molecular weight excluding hydrogens is 711 g/mol. The van der Waals surface area contributed by atoms with E-state index < -0.39 is 0 Å². The molecule has 11 aromatic rings. The van der Waals surface area contributed by atoms with Gasteiger partial charge in [0.1, 0.15) is 0 Å². The second kappa shape index (κ2) is 14.6. The van der Waals surface area contributed by atoms with E-state index in [0.717, 1.165) is 17.1 Å². The van der Waals surface area contributed by atoms with Crippen LogP contribution in [0.4, 0.5) is 17.1 Å². The lowest BCUT2D eigenvalue weighted by Crippen LogP contribution is -2.12. The molecule has 0 saturated heterocycles. The average Bonchev–Trinajstić information content (AvgIpc) is 3.31. The van der Waals surface area contributed by atoms with Gasteiger partial charge < -0.3 is 4.90 Å². The lowest BCUT2D eigenvalue weighted by Gasteiger charge is -2.29. The Morgan fingerprint density at radius 3 is 1.36 bits per heavy atom. The summed E-state index contributed by atoms with van der Waals surface area (Å²) in [6.07, 6.45) is 0. The highest BCUT2D eigenvalue weighted by molar-refractivity contribution is 6.04. The van der Waals surface area contributed by atoms with Crippen molar-refractivity contribution in [3.8, 4) is 44.5 Å². The van der Waals surface area contributed by atoms with Gasteiger partial charge in [0.25, 0.3) is 0 Å². The number of nitrogens with zero attached hydrogens (tertiary/aromatic N) is 1. The molecule has 0 aromatic heterocycles. The van der Waals surface area contributed by atoms with Crippen LogP contribution in [0.1, 0.15) is 0 Å². The molecule has 1 nitrogen and oxygen atoms in total. The first-order chi connectivity index (χ1) is 29.2. The van der Waals surface area contributed by atoms with Gasteiger partial charge in [-0.1, -0.05) is 194 Å². The second-order valence-electron chi connectivity index (χ2n) is 15.3. The van der Waals surface area contributed by atoms with E-state index in [1.165, 1.54) is 87.6 Å². The third-order valence-electron chi connectivity index (χ3n) is 11.8. The maximum Gasteiger partial charge on any atom is 0.0546 e. The molecular formula is C58H39N. The summed E-state index contributed by atoms with van der Waals surface area (Å²) in [5, 5.41) is 9.88. The number of hydrogen-bond acceptors (Lipinski definition) is 1. The summed E-state index contributed by atoms with van der Waals surface area (Å²) in [5.41, 5.74) is 12.8. The Hall–Kier alpha value is -7.74. The van der Waals surface area contributed by atoms with Gasteiger partial charge in [0.15, 0.2) is 0 Å². The molecule has 0 unspecified atom stereocenters. The van der Waals surface area contributed by atoms with Gasteiger partial charge in [0.05, 0.1) is 5.69 Å². The normalized spacial score (nSPS) is 11.4. The van der Waals surface area contributed by atoms with Crippen LogP contribution in [0.3, 0.4) is 0 Å². The van der Waals surface area contributed by atoms with E-state index >= 15 is 0 Å². The van der Waals surface area contributed by atoms with Gasteiger partial charge >= 0.3 is 0 Å². The summed E-state index contributed by atoms with van der Waals surface area (Å²) in [6.45, 7) is 0. The fourth-order valence-corrected chi connectivity index (χ4v) is 8.84. The minimum absolute atomic E-state index is 1.08. The zero-order chi connectivity index (χ0) is 39.1. The number of hydrogen-bond donors (Lipinski definition) is 0. The van der Waals surface area contributed by atoms with Crippen LogP contribution in [-0.2, 0) is 0 Å². The highest BCUT2D eigenvalue weighted by Gasteiger charge is 2.21. The molecule has 59 heavy (non-hydrogen) atoms. The largest absolute Gasteiger partial charge is 0.310 e. The Morgan fingerprint density at radius 1 is 0.220 bits per heavy atom. The summed E-state index contributed by atoms with van der Waals surface area (Å²) < 4.78 is 0. The molecule has 0 spiro atoms. The van der Waals surface area contributed by atoms with Crippen LogP contribution in [0.15, 0.2) is 237 Å². The summed E-state index contributed by atoms with van der Waals surface area (Å²) >= 11 is 0. The van der Waals surface area contributed by atoms with Crippen molar-refractivity contribution < 1.29 is 0 Å². The predicted octanol–water partition coefficient (Wildman–Crippen LogP) is 16.4. The van der Waals surface area contributed by atoms with E-state index in [1.54, 1.807) is 0 Å².